The quantitative estimate of drug-likeness (QED) is 0.879. The largest absolute Gasteiger partial charge is 0.368 e. The van der Waals surface area contributed by atoms with Gasteiger partial charge in [0.2, 0.25) is 11.8 Å². The highest BCUT2D eigenvalue weighted by Crippen LogP contribution is 2.24. The van der Waals surface area contributed by atoms with Gasteiger partial charge in [-0.15, -0.1) is 11.3 Å². The molecule has 1 aromatic heterocycles. The van der Waals surface area contributed by atoms with E-state index < -0.39 is 0 Å². The van der Waals surface area contributed by atoms with Gasteiger partial charge < -0.3 is 15.1 Å². The molecule has 1 saturated heterocycles. The Labute approximate surface area is 158 Å². The molecule has 1 aliphatic heterocycles. The molecule has 0 spiro atoms. The van der Waals surface area contributed by atoms with E-state index in [0.29, 0.717) is 19.5 Å². The monoisotopic (exact) mass is 371 g/mol. The summed E-state index contributed by atoms with van der Waals surface area (Å²) >= 11 is 1.57. The topological polar surface area (TPSA) is 52.7 Å². The zero-order chi connectivity index (χ0) is 18.5. The maximum absolute atomic E-state index is 12.7. The maximum Gasteiger partial charge on any atom is 0.225 e. The molecule has 2 heterocycles. The first kappa shape index (κ1) is 18.5. The SMILES string of the molecule is CC(=O)N[C@@H](CC(=O)N1CCN(c2cccc(C)c2)CC1)c1cccs1. The Morgan fingerprint density at radius 2 is 1.92 bits per heavy atom. The molecular formula is C20H25N3O2S. The van der Waals surface area contributed by atoms with Gasteiger partial charge in [0.25, 0.3) is 0 Å². The average molecular weight is 372 g/mol. The van der Waals surface area contributed by atoms with Crippen LogP contribution in [-0.2, 0) is 9.59 Å². The Balaban J connectivity index is 1.58. The maximum atomic E-state index is 12.7. The molecule has 6 heteroatoms. The fourth-order valence-electron chi connectivity index (χ4n) is 3.30. The summed E-state index contributed by atoms with van der Waals surface area (Å²) in [5, 5.41) is 4.87. The Morgan fingerprint density at radius 1 is 1.15 bits per heavy atom. The molecule has 1 aliphatic rings. The molecular weight excluding hydrogens is 346 g/mol. The van der Waals surface area contributed by atoms with Crippen LogP contribution in [0, 0.1) is 6.92 Å². The summed E-state index contributed by atoms with van der Waals surface area (Å²) in [5.74, 6) is -0.0125. The van der Waals surface area contributed by atoms with Gasteiger partial charge in [-0.2, -0.15) is 0 Å². The van der Waals surface area contributed by atoms with Crippen LogP contribution < -0.4 is 10.2 Å². The zero-order valence-electron chi connectivity index (χ0n) is 15.3. The lowest BCUT2D eigenvalue weighted by Crippen LogP contribution is -2.49. The summed E-state index contributed by atoms with van der Waals surface area (Å²) in [4.78, 5) is 29.5. The van der Waals surface area contributed by atoms with Crippen molar-refractivity contribution >= 4 is 28.8 Å². The number of thiophene rings is 1. The Bertz CT molecular complexity index is 752. The van der Waals surface area contributed by atoms with Gasteiger partial charge in [-0.05, 0) is 36.1 Å². The second-order valence-electron chi connectivity index (χ2n) is 6.68. The van der Waals surface area contributed by atoms with Crippen LogP contribution in [0.3, 0.4) is 0 Å². The molecule has 1 aromatic carbocycles. The molecule has 1 atom stereocenters. The number of hydrogen-bond donors (Lipinski definition) is 1. The lowest BCUT2D eigenvalue weighted by molar-refractivity contribution is -0.132. The van der Waals surface area contributed by atoms with Crippen molar-refractivity contribution in [3.05, 3.63) is 52.2 Å². The third-order valence-electron chi connectivity index (χ3n) is 4.64. The van der Waals surface area contributed by atoms with Crippen molar-refractivity contribution in [2.45, 2.75) is 26.3 Å². The first-order valence-electron chi connectivity index (χ1n) is 8.93. The summed E-state index contributed by atoms with van der Waals surface area (Å²) in [6, 6.07) is 12.1. The Hall–Kier alpha value is -2.34. The number of piperazine rings is 1. The number of hydrogen-bond acceptors (Lipinski definition) is 4. The summed E-state index contributed by atoms with van der Waals surface area (Å²) in [5.41, 5.74) is 2.46. The van der Waals surface area contributed by atoms with Gasteiger partial charge in [-0.1, -0.05) is 18.2 Å². The minimum Gasteiger partial charge on any atom is -0.368 e. The number of nitrogens with zero attached hydrogens (tertiary/aromatic N) is 2. The number of carbonyl (C=O) groups is 2. The molecule has 1 fully saturated rings. The van der Waals surface area contributed by atoms with E-state index in [1.54, 1.807) is 11.3 Å². The van der Waals surface area contributed by atoms with Crippen molar-refractivity contribution in [3.63, 3.8) is 0 Å². The normalized spacial score (nSPS) is 15.6. The number of aryl methyl sites for hydroxylation is 1. The van der Waals surface area contributed by atoms with E-state index in [9.17, 15) is 9.59 Å². The lowest BCUT2D eigenvalue weighted by atomic mass is 10.1. The number of anilines is 1. The molecule has 138 valence electrons. The van der Waals surface area contributed by atoms with Crippen molar-refractivity contribution in [3.8, 4) is 0 Å². The predicted octanol–water partition coefficient (Wildman–Crippen LogP) is 2.97. The number of carbonyl (C=O) groups excluding carboxylic acids is 2. The van der Waals surface area contributed by atoms with Crippen LogP contribution in [0.4, 0.5) is 5.69 Å². The van der Waals surface area contributed by atoms with Crippen molar-refractivity contribution < 1.29 is 9.59 Å². The summed E-state index contributed by atoms with van der Waals surface area (Å²) in [7, 11) is 0. The highest BCUT2D eigenvalue weighted by molar-refractivity contribution is 7.10. The molecule has 0 aliphatic carbocycles. The molecule has 0 unspecified atom stereocenters. The van der Waals surface area contributed by atoms with Gasteiger partial charge in [-0.3, -0.25) is 9.59 Å². The first-order valence-corrected chi connectivity index (χ1v) is 9.81. The summed E-state index contributed by atoms with van der Waals surface area (Å²) in [6.07, 6.45) is 0.310. The van der Waals surface area contributed by atoms with E-state index in [2.05, 4.69) is 41.4 Å². The number of nitrogens with one attached hydrogen (secondary N) is 1. The minimum absolute atomic E-state index is 0.0982. The molecule has 2 aromatic rings. The molecule has 1 N–H and O–H groups in total. The Kier molecular flexibility index (Phi) is 5.93. The molecule has 0 bridgehead atoms. The van der Waals surface area contributed by atoms with Gasteiger partial charge in [0, 0.05) is 43.7 Å². The van der Waals surface area contributed by atoms with Gasteiger partial charge in [0.05, 0.1) is 12.5 Å². The minimum atomic E-state index is -0.241. The van der Waals surface area contributed by atoms with Crippen molar-refractivity contribution in [1.29, 1.82) is 0 Å². The zero-order valence-corrected chi connectivity index (χ0v) is 16.1. The van der Waals surface area contributed by atoms with Gasteiger partial charge in [0.1, 0.15) is 0 Å². The third-order valence-corrected chi connectivity index (χ3v) is 5.63. The second kappa shape index (κ2) is 8.36. The molecule has 3 rings (SSSR count). The highest BCUT2D eigenvalue weighted by Gasteiger charge is 2.25. The highest BCUT2D eigenvalue weighted by atomic mass is 32.1. The van der Waals surface area contributed by atoms with E-state index >= 15 is 0 Å². The van der Waals surface area contributed by atoms with Crippen molar-refractivity contribution in [1.82, 2.24) is 10.2 Å². The van der Waals surface area contributed by atoms with Crippen LogP contribution in [-0.4, -0.2) is 42.9 Å². The van der Waals surface area contributed by atoms with E-state index in [1.165, 1.54) is 18.2 Å². The van der Waals surface area contributed by atoms with Crippen LogP contribution >= 0.6 is 11.3 Å². The number of amides is 2. The van der Waals surface area contributed by atoms with E-state index in [0.717, 1.165) is 18.0 Å². The van der Waals surface area contributed by atoms with E-state index in [4.69, 9.17) is 0 Å². The summed E-state index contributed by atoms with van der Waals surface area (Å²) < 4.78 is 0. The second-order valence-corrected chi connectivity index (χ2v) is 7.66. The fourth-order valence-corrected chi connectivity index (χ4v) is 4.08. The first-order chi connectivity index (χ1) is 12.5. The van der Waals surface area contributed by atoms with Crippen LogP contribution in [0.25, 0.3) is 0 Å². The van der Waals surface area contributed by atoms with Gasteiger partial charge in [-0.25, -0.2) is 0 Å². The fraction of sp³-hybridized carbons (Fsp3) is 0.400. The molecule has 0 radical (unpaired) electrons. The predicted molar refractivity (Wildman–Crippen MR) is 105 cm³/mol. The third kappa shape index (κ3) is 4.64. The van der Waals surface area contributed by atoms with Crippen LogP contribution in [0.5, 0.6) is 0 Å². The van der Waals surface area contributed by atoms with Crippen LogP contribution in [0.15, 0.2) is 41.8 Å². The average Bonchev–Trinajstić information content (AvgIpc) is 3.15. The van der Waals surface area contributed by atoms with Crippen LogP contribution in [0.1, 0.15) is 29.8 Å². The van der Waals surface area contributed by atoms with E-state index in [-0.39, 0.29) is 17.9 Å². The molecule has 2 amide bonds. The van der Waals surface area contributed by atoms with Crippen molar-refractivity contribution in [2.75, 3.05) is 31.1 Å². The Morgan fingerprint density at radius 3 is 2.54 bits per heavy atom. The van der Waals surface area contributed by atoms with Gasteiger partial charge >= 0.3 is 0 Å². The molecule has 0 saturated carbocycles. The lowest BCUT2D eigenvalue weighted by Gasteiger charge is -2.36. The smallest absolute Gasteiger partial charge is 0.225 e. The number of benzene rings is 1. The van der Waals surface area contributed by atoms with Gasteiger partial charge in [0.15, 0.2) is 0 Å². The van der Waals surface area contributed by atoms with Crippen molar-refractivity contribution in [2.24, 2.45) is 0 Å². The van der Waals surface area contributed by atoms with Crippen LogP contribution in [0.2, 0.25) is 0 Å². The summed E-state index contributed by atoms with van der Waals surface area (Å²) in [6.45, 7) is 6.67. The standard InChI is InChI=1S/C20H25N3O2S/c1-15-5-3-6-17(13-15)22-8-10-23(11-9-22)20(25)14-18(21-16(2)24)19-7-4-12-26-19/h3-7,12-13,18H,8-11,14H2,1-2H3,(H,21,24)/t18-/m0/s1. The molecule has 26 heavy (non-hydrogen) atoms. The number of rotatable bonds is 5. The van der Waals surface area contributed by atoms with E-state index in [1.807, 2.05) is 22.4 Å². The molecule has 5 nitrogen and oxygen atoms in total.